The third-order valence-corrected chi connectivity index (χ3v) is 3.02. The quantitative estimate of drug-likeness (QED) is 0.871. The van der Waals surface area contributed by atoms with Crippen molar-refractivity contribution in [3.63, 3.8) is 0 Å². The van der Waals surface area contributed by atoms with Crippen LogP contribution in [0.2, 0.25) is 0 Å². The Labute approximate surface area is 102 Å². The Kier molecular flexibility index (Phi) is 3.59. The molecule has 0 bridgehead atoms. The summed E-state index contributed by atoms with van der Waals surface area (Å²) in [6.45, 7) is 5.97. The molecule has 0 atom stereocenters. The van der Waals surface area contributed by atoms with Gasteiger partial charge in [0.1, 0.15) is 0 Å². The molecule has 3 nitrogen and oxygen atoms in total. The number of nitrogens with one attached hydrogen (secondary N) is 1. The number of hydrogen-bond acceptors (Lipinski definition) is 2. The Morgan fingerprint density at radius 2 is 1.88 bits per heavy atom. The minimum atomic E-state index is 0.819. The first-order valence-corrected chi connectivity index (χ1v) is 5.92. The lowest BCUT2D eigenvalue weighted by Crippen LogP contribution is -2.08. The second kappa shape index (κ2) is 5.15. The largest absolute Gasteiger partial charge is 0.314 e. The van der Waals surface area contributed by atoms with Gasteiger partial charge in [0.05, 0.1) is 12.2 Å². The van der Waals surface area contributed by atoms with Crippen molar-refractivity contribution in [1.82, 2.24) is 15.1 Å². The lowest BCUT2D eigenvalue weighted by atomic mass is 10.0. The van der Waals surface area contributed by atoms with E-state index in [1.807, 2.05) is 17.9 Å². The van der Waals surface area contributed by atoms with Crippen LogP contribution in [0.3, 0.4) is 0 Å². The highest BCUT2D eigenvalue weighted by Gasteiger charge is 2.04. The first-order valence-electron chi connectivity index (χ1n) is 5.92. The van der Waals surface area contributed by atoms with Gasteiger partial charge >= 0.3 is 0 Å². The molecule has 0 saturated carbocycles. The standard InChI is InChI=1S/C14H19N3/c1-11-5-4-6-12(2)14(11)10-17-8-7-13(16-17)9-15-3/h4-8,15H,9-10H2,1-3H3. The summed E-state index contributed by atoms with van der Waals surface area (Å²) in [5.74, 6) is 0. The molecule has 1 aromatic carbocycles. The number of nitrogens with zero attached hydrogens (tertiary/aromatic N) is 2. The SMILES string of the molecule is CNCc1ccn(Cc2c(C)cccc2C)n1. The molecule has 1 heterocycles. The third kappa shape index (κ3) is 2.74. The average molecular weight is 229 g/mol. The highest BCUT2D eigenvalue weighted by atomic mass is 15.3. The molecule has 0 spiro atoms. The first kappa shape index (κ1) is 11.9. The smallest absolute Gasteiger partial charge is 0.0762 e. The van der Waals surface area contributed by atoms with Crippen LogP contribution in [0.1, 0.15) is 22.4 Å². The van der Waals surface area contributed by atoms with E-state index >= 15 is 0 Å². The minimum Gasteiger partial charge on any atom is -0.314 e. The van der Waals surface area contributed by atoms with Gasteiger partial charge in [-0.2, -0.15) is 5.10 Å². The molecule has 0 saturated heterocycles. The second-order valence-corrected chi connectivity index (χ2v) is 4.41. The highest BCUT2D eigenvalue weighted by Crippen LogP contribution is 2.14. The molecule has 0 radical (unpaired) electrons. The van der Waals surface area contributed by atoms with Crippen molar-refractivity contribution in [2.24, 2.45) is 0 Å². The van der Waals surface area contributed by atoms with Crippen LogP contribution in [0.25, 0.3) is 0 Å². The van der Waals surface area contributed by atoms with Crippen molar-refractivity contribution < 1.29 is 0 Å². The fourth-order valence-corrected chi connectivity index (χ4v) is 2.03. The molecule has 0 fully saturated rings. The average Bonchev–Trinajstić information content (AvgIpc) is 2.72. The second-order valence-electron chi connectivity index (χ2n) is 4.41. The van der Waals surface area contributed by atoms with E-state index in [0.29, 0.717) is 0 Å². The lowest BCUT2D eigenvalue weighted by molar-refractivity contribution is 0.655. The molecule has 1 aromatic heterocycles. The molecule has 0 aliphatic carbocycles. The molecular formula is C14H19N3. The van der Waals surface area contributed by atoms with E-state index in [-0.39, 0.29) is 0 Å². The van der Waals surface area contributed by atoms with Crippen molar-refractivity contribution in [2.45, 2.75) is 26.9 Å². The van der Waals surface area contributed by atoms with Crippen LogP contribution in [-0.4, -0.2) is 16.8 Å². The van der Waals surface area contributed by atoms with Gasteiger partial charge in [-0.05, 0) is 43.7 Å². The van der Waals surface area contributed by atoms with Crippen molar-refractivity contribution >= 4 is 0 Å². The number of hydrogen-bond donors (Lipinski definition) is 1. The molecule has 0 aliphatic rings. The zero-order valence-electron chi connectivity index (χ0n) is 10.7. The molecule has 0 unspecified atom stereocenters. The van der Waals surface area contributed by atoms with Crippen LogP contribution in [0, 0.1) is 13.8 Å². The summed E-state index contributed by atoms with van der Waals surface area (Å²) in [4.78, 5) is 0. The van der Waals surface area contributed by atoms with Gasteiger partial charge in [-0.3, -0.25) is 4.68 Å². The van der Waals surface area contributed by atoms with E-state index in [2.05, 4.69) is 48.5 Å². The normalized spacial score (nSPS) is 10.8. The molecular weight excluding hydrogens is 210 g/mol. The molecule has 17 heavy (non-hydrogen) atoms. The van der Waals surface area contributed by atoms with Crippen molar-refractivity contribution in [2.75, 3.05) is 7.05 Å². The molecule has 0 amide bonds. The summed E-state index contributed by atoms with van der Waals surface area (Å²) < 4.78 is 2.00. The Morgan fingerprint density at radius 3 is 2.53 bits per heavy atom. The van der Waals surface area contributed by atoms with Gasteiger partial charge in [-0.15, -0.1) is 0 Å². The fraction of sp³-hybridized carbons (Fsp3) is 0.357. The van der Waals surface area contributed by atoms with Gasteiger partial charge < -0.3 is 5.32 Å². The molecule has 90 valence electrons. The maximum atomic E-state index is 4.53. The summed E-state index contributed by atoms with van der Waals surface area (Å²) in [5, 5.41) is 7.64. The monoisotopic (exact) mass is 229 g/mol. The number of aryl methyl sites for hydroxylation is 2. The predicted octanol–water partition coefficient (Wildman–Crippen LogP) is 2.27. The maximum absolute atomic E-state index is 4.53. The summed E-state index contributed by atoms with van der Waals surface area (Å²) >= 11 is 0. The van der Waals surface area contributed by atoms with E-state index in [0.717, 1.165) is 18.8 Å². The molecule has 0 aliphatic heterocycles. The Bertz CT molecular complexity index is 480. The Balaban J connectivity index is 2.19. The van der Waals surface area contributed by atoms with Gasteiger partial charge in [-0.1, -0.05) is 18.2 Å². The van der Waals surface area contributed by atoms with E-state index in [1.165, 1.54) is 16.7 Å². The molecule has 1 N–H and O–H groups in total. The van der Waals surface area contributed by atoms with Crippen LogP contribution in [0.15, 0.2) is 30.5 Å². The van der Waals surface area contributed by atoms with Gasteiger partial charge in [0.2, 0.25) is 0 Å². The van der Waals surface area contributed by atoms with Gasteiger partial charge in [0, 0.05) is 12.7 Å². The highest BCUT2D eigenvalue weighted by molar-refractivity contribution is 5.33. The van der Waals surface area contributed by atoms with Gasteiger partial charge in [-0.25, -0.2) is 0 Å². The van der Waals surface area contributed by atoms with Gasteiger partial charge in [0.25, 0.3) is 0 Å². The predicted molar refractivity (Wildman–Crippen MR) is 70.0 cm³/mol. The van der Waals surface area contributed by atoms with Crippen LogP contribution in [0.5, 0.6) is 0 Å². The fourth-order valence-electron chi connectivity index (χ4n) is 2.03. The Morgan fingerprint density at radius 1 is 1.18 bits per heavy atom. The number of benzene rings is 1. The maximum Gasteiger partial charge on any atom is 0.0762 e. The summed E-state index contributed by atoms with van der Waals surface area (Å²) in [5.41, 5.74) is 5.11. The van der Waals surface area contributed by atoms with E-state index in [4.69, 9.17) is 0 Å². The minimum absolute atomic E-state index is 0.819. The number of rotatable bonds is 4. The summed E-state index contributed by atoms with van der Waals surface area (Å²) in [7, 11) is 1.94. The lowest BCUT2D eigenvalue weighted by Gasteiger charge is -2.09. The van der Waals surface area contributed by atoms with Crippen LogP contribution in [0.4, 0.5) is 0 Å². The first-order chi connectivity index (χ1) is 8.20. The van der Waals surface area contributed by atoms with Crippen molar-refractivity contribution in [3.8, 4) is 0 Å². The molecule has 2 rings (SSSR count). The number of aromatic nitrogens is 2. The molecule has 3 heteroatoms. The Hall–Kier alpha value is -1.61. The molecule has 2 aromatic rings. The van der Waals surface area contributed by atoms with E-state index in [9.17, 15) is 0 Å². The zero-order chi connectivity index (χ0) is 12.3. The van der Waals surface area contributed by atoms with E-state index < -0.39 is 0 Å². The van der Waals surface area contributed by atoms with Crippen molar-refractivity contribution in [3.05, 3.63) is 52.8 Å². The van der Waals surface area contributed by atoms with Crippen LogP contribution in [-0.2, 0) is 13.1 Å². The van der Waals surface area contributed by atoms with E-state index in [1.54, 1.807) is 0 Å². The van der Waals surface area contributed by atoms with Gasteiger partial charge in [0.15, 0.2) is 0 Å². The van der Waals surface area contributed by atoms with Crippen LogP contribution < -0.4 is 5.32 Å². The zero-order valence-corrected chi connectivity index (χ0v) is 10.7. The van der Waals surface area contributed by atoms with Crippen LogP contribution >= 0.6 is 0 Å². The van der Waals surface area contributed by atoms with Crippen molar-refractivity contribution in [1.29, 1.82) is 0 Å². The summed E-state index contributed by atoms with van der Waals surface area (Å²) in [6, 6.07) is 8.47. The summed E-state index contributed by atoms with van der Waals surface area (Å²) in [6.07, 6.45) is 2.04. The topological polar surface area (TPSA) is 29.9 Å². The third-order valence-electron chi connectivity index (χ3n) is 3.02.